The predicted molar refractivity (Wildman–Crippen MR) is 65.8 cm³/mol. The van der Waals surface area contributed by atoms with E-state index in [2.05, 4.69) is 0 Å². The lowest BCUT2D eigenvalue weighted by atomic mass is 10.1. The molecule has 1 heterocycles. The van der Waals surface area contributed by atoms with Crippen LogP contribution in [0.3, 0.4) is 0 Å². The standard InChI is InChI=1S/C11H19NO5S/c1-8(2)6-18(16,17)7-10(13)12-4-3-9(5-12)11(14)15/h8-9H,3-7H2,1-2H3,(H,14,15)/t9-/m0/s1. The highest BCUT2D eigenvalue weighted by Gasteiger charge is 2.32. The van der Waals surface area contributed by atoms with E-state index in [1.165, 1.54) is 4.90 Å². The maximum absolute atomic E-state index is 11.8. The fourth-order valence-electron chi connectivity index (χ4n) is 2.03. The average Bonchev–Trinajstić information content (AvgIpc) is 2.62. The summed E-state index contributed by atoms with van der Waals surface area (Å²) in [5, 5.41) is 8.81. The molecule has 1 amide bonds. The molecule has 0 saturated carbocycles. The van der Waals surface area contributed by atoms with Gasteiger partial charge in [-0.3, -0.25) is 9.59 Å². The maximum Gasteiger partial charge on any atom is 0.308 e. The van der Waals surface area contributed by atoms with Crippen molar-refractivity contribution in [2.75, 3.05) is 24.6 Å². The van der Waals surface area contributed by atoms with Crippen molar-refractivity contribution in [3.8, 4) is 0 Å². The molecule has 104 valence electrons. The normalized spacial score (nSPS) is 20.4. The Kier molecular flexibility index (Phi) is 4.72. The van der Waals surface area contributed by atoms with Gasteiger partial charge in [-0.25, -0.2) is 8.42 Å². The molecule has 1 rings (SSSR count). The van der Waals surface area contributed by atoms with Gasteiger partial charge in [0.25, 0.3) is 0 Å². The highest BCUT2D eigenvalue weighted by molar-refractivity contribution is 7.92. The third kappa shape index (κ3) is 4.29. The lowest BCUT2D eigenvalue weighted by molar-refractivity contribution is -0.141. The minimum atomic E-state index is -3.39. The Morgan fingerprint density at radius 2 is 2.00 bits per heavy atom. The molecule has 0 aliphatic carbocycles. The van der Waals surface area contributed by atoms with Gasteiger partial charge >= 0.3 is 5.97 Å². The van der Waals surface area contributed by atoms with Crippen LogP contribution in [0.25, 0.3) is 0 Å². The fraction of sp³-hybridized carbons (Fsp3) is 0.818. The number of sulfone groups is 1. The minimum Gasteiger partial charge on any atom is -0.481 e. The summed E-state index contributed by atoms with van der Waals surface area (Å²) in [6, 6.07) is 0. The second kappa shape index (κ2) is 5.69. The second-order valence-corrected chi connectivity index (χ2v) is 7.22. The van der Waals surface area contributed by atoms with Crippen molar-refractivity contribution < 1.29 is 23.1 Å². The predicted octanol–water partition coefficient (Wildman–Crippen LogP) is -0.00970. The van der Waals surface area contributed by atoms with E-state index in [0.717, 1.165) is 0 Å². The van der Waals surface area contributed by atoms with Gasteiger partial charge in [-0.15, -0.1) is 0 Å². The Bertz CT molecular complexity index is 429. The molecule has 7 heteroatoms. The fourth-order valence-corrected chi connectivity index (χ4v) is 3.73. The SMILES string of the molecule is CC(C)CS(=O)(=O)CC(=O)N1CC[C@H](C(=O)O)C1. The number of nitrogens with zero attached hydrogens (tertiary/aromatic N) is 1. The van der Waals surface area contributed by atoms with Crippen LogP contribution >= 0.6 is 0 Å². The molecule has 1 aliphatic rings. The first-order valence-corrected chi connectivity index (χ1v) is 7.74. The molecule has 1 aliphatic heterocycles. The van der Waals surface area contributed by atoms with Gasteiger partial charge in [0.1, 0.15) is 5.75 Å². The Morgan fingerprint density at radius 1 is 1.39 bits per heavy atom. The summed E-state index contributed by atoms with van der Waals surface area (Å²) in [5.74, 6) is -2.54. The number of hydrogen-bond donors (Lipinski definition) is 1. The molecule has 0 spiro atoms. The third-order valence-electron chi connectivity index (χ3n) is 2.82. The average molecular weight is 277 g/mol. The van der Waals surface area contributed by atoms with Crippen molar-refractivity contribution in [3.05, 3.63) is 0 Å². The number of amides is 1. The van der Waals surface area contributed by atoms with Crippen LogP contribution in [0, 0.1) is 11.8 Å². The van der Waals surface area contributed by atoms with Crippen LogP contribution in [0.5, 0.6) is 0 Å². The Balaban J connectivity index is 2.55. The monoisotopic (exact) mass is 277 g/mol. The van der Waals surface area contributed by atoms with Crippen LogP contribution < -0.4 is 0 Å². The van der Waals surface area contributed by atoms with E-state index in [1.807, 2.05) is 0 Å². The van der Waals surface area contributed by atoms with E-state index in [4.69, 9.17) is 5.11 Å². The molecular weight excluding hydrogens is 258 g/mol. The van der Waals surface area contributed by atoms with Crippen molar-refractivity contribution >= 4 is 21.7 Å². The number of carboxylic acid groups (broad SMARTS) is 1. The molecule has 6 nitrogen and oxygen atoms in total. The first kappa shape index (κ1) is 14.9. The molecule has 0 aromatic heterocycles. The summed E-state index contributed by atoms with van der Waals surface area (Å²) in [6.45, 7) is 4.00. The van der Waals surface area contributed by atoms with Crippen LogP contribution in [0.4, 0.5) is 0 Å². The van der Waals surface area contributed by atoms with Crippen molar-refractivity contribution in [2.24, 2.45) is 11.8 Å². The lowest BCUT2D eigenvalue weighted by Crippen LogP contribution is -2.35. The molecule has 0 unspecified atom stereocenters. The van der Waals surface area contributed by atoms with Gasteiger partial charge in [-0.05, 0) is 12.3 Å². The molecule has 1 fully saturated rings. The first-order valence-electron chi connectivity index (χ1n) is 5.92. The van der Waals surface area contributed by atoms with Gasteiger partial charge in [0.15, 0.2) is 9.84 Å². The summed E-state index contributed by atoms with van der Waals surface area (Å²) in [7, 11) is -3.39. The van der Waals surface area contributed by atoms with Crippen LogP contribution in [-0.4, -0.2) is 54.9 Å². The van der Waals surface area contributed by atoms with Gasteiger partial charge in [-0.2, -0.15) is 0 Å². The van der Waals surface area contributed by atoms with Crippen molar-refractivity contribution in [3.63, 3.8) is 0 Å². The number of carbonyl (C=O) groups excluding carboxylic acids is 1. The zero-order valence-corrected chi connectivity index (χ0v) is 11.4. The lowest BCUT2D eigenvalue weighted by Gasteiger charge is -2.16. The first-order chi connectivity index (χ1) is 8.21. The van der Waals surface area contributed by atoms with Crippen molar-refractivity contribution in [1.82, 2.24) is 4.90 Å². The summed E-state index contributed by atoms with van der Waals surface area (Å²) < 4.78 is 23.3. The molecule has 0 radical (unpaired) electrons. The highest BCUT2D eigenvalue weighted by Crippen LogP contribution is 2.17. The summed E-state index contributed by atoms with van der Waals surface area (Å²) in [4.78, 5) is 23.8. The number of carboxylic acids is 1. The summed E-state index contributed by atoms with van der Waals surface area (Å²) in [5.41, 5.74) is 0. The number of carbonyl (C=O) groups is 2. The molecule has 0 aromatic rings. The van der Waals surface area contributed by atoms with Crippen LogP contribution in [0.15, 0.2) is 0 Å². The summed E-state index contributed by atoms with van der Waals surface area (Å²) in [6.07, 6.45) is 0.394. The molecule has 0 bridgehead atoms. The number of rotatable bonds is 5. The van der Waals surface area contributed by atoms with Crippen LogP contribution in [0.1, 0.15) is 20.3 Å². The van der Waals surface area contributed by atoms with E-state index in [1.54, 1.807) is 13.8 Å². The van der Waals surface area contributed by atoms with Gasteiger partial charge in [0.2, 0.25) is 5.91 Å². The van der Waals surface area contributed by atoms with Crippen molar-refractivity contribution in [1.29, 1.82) is 0 Å². The number of likely N-dealkylation sites (tertiary alicyclic amines) is 1. The van der Waals surface area contributed by atoms with E-state index in [0.29, 0.717) is 13.0 Å². The Morgan fingerprint density at radius 3 is 2.44 bits per heavy atom. The topological polar surface area (TPSA) is 91.8 Å². The second-order valence-electron chi connectivity index (χ2n) is 5.11. The van der Waals surface area contributed by atoms with Crippen LogP contribution in [-0.2, 0) is 19.4 Å². The molecular formula is C11H19NO5S. The Labute approximate surface area is 107 Å². The smallest absolute Gasteiger partial charge is 0.308 e. The third-order valence-corrected chi connectivity index (χ3v) is 4.68. The van der Waals surface area contributed by atoms with E-state index >= 15 is 0 Å². The molecule has 0 aromatic carbocycles. The van der Waals surface area contributed by atoms with Gasteiger partial charge in [0.05, 0.1) is 11.7 Å². The van der Waals surface area contributed by atoms with Gasteiger partial charge < -0.3 is 10.0 Å². The Hall–Kier alpha value is -1.11. The number of aliphatic carboxylic acids is 1. The molecule has 18 heavy (non-hydrogen) atoms. The number of hydrogen-bond acceptors (Lipinski definition) is 4. The zero-order valence-electron chi connectivity index (χ0n) is 10.6. The quantitative estimate of drug-likeness (QED) is 0.763. The molecule has 1 atom stereocenters. The highest BCUT2D eigenvalue weighted by atomic mass is 32.2. The van der Waals surface area contributed by atoms with E-state index < -0.39 is 33.4 Å². The van der Waals surface area contributed by atoms with Gasteiger partial charge in [0, 0.05) is 13.1 Å². The molecule has 1 N–H and O–H groups in total. The van der Waals surface area contributed by atoms with E-state index in [-0.39, 0.29) is 18.2 Å². The summed E-state index contributed by atoms with van der Waals surface area (Å²) >= 11 is 0. The van der Waals surface area contributed by atoms with Crippen molar-refractivity contribution in [2.45, 2.75) is 20.3 Å². The molecule has 1 saturated heterocycles. The van der Waals surface area contributed by atoms with Crippen LogP contribution in [0.2, 0.25) is 0 Å². The largest absolute Gasteiger partial charge is 0.481 e. The minimum absolute atomic E-state index is 0.0189. The van der Waals surface area contributed by atoms with Gasteiger partial charge in [-0.1, -0.05) is 13.8 Å². The maximum atomic E-state index is 11.8. The van der Waals surface area contributed by atoms with E-state index in [9.17, 15) is 18.0 Å². The zero-order chi connectivity index (χ0) is 13.9.